The Bertz CT molecular complexity index is 1300. The predicted molar refractivity (Wildman–Crippen MR) is 108 cm³/mol. The first-order valence-electron chi connectivity index (χ1n) is 9.01. The highest BCUT2D eigenvalue weighted by atomic mass is 19.1. The molecule has 0 aliphatic carbocycles. The lowest BCUT2D eigenvalue weighted by Crippen LogP contribution is -2.22. The summed E-state index contributed by atoms with van der Waals surface area (Å²) in [5.74, 6) is 5.77. The van der Waals surface area contributed by atoms with Crippen molar-refractivity contribution in [1.82, 2.24) is 14.3 Å². The van der Waals surface area contributed by atoms with Crippen LogP contribution in [0.3, 0.4) is 0 Å². The lowest BCUT2D eigenvalue weighted by Gasteiger charge is -2.14. The molecule has 0 amide bonds. The number of aromatic nitrogens is 3. The Morgan fingerprint density at radius 2 is 1.93 bits per heavy atom. The van der Waals surface area contributed by atoms with Crippen LogP contribution in [0.1, 0.15) is 23.7 Å². The number of hydrogen-bond acceptors (Lipinski definition) is 2. The predicted octanol–water partition coefficient (Wildman–Crippen LogP) is 3.83. The molecule has 0 aliphatic rings. The van der Waals surface area contributed by atoms with Crippen LogP contribution < -0.4 is 5.56 Å². The van der Waals surface area contributed by atoms with E-state index in [9.17, 15) is 9.18 Å². The van der Waals surface area contributed by atoms with Crippen LogP contribution in [0.25, 0.3) is 16.5 Å². The molecule has 0 unspecified atom stereocenters. The first kappa shape index (κ1) is 17.7. The van der Waals surface area contributed by atoms with Crippen LogP contribution in [0.4, 0.5) is 4.39 Å². The molecule has 0 radical (unpaired) electrons. The summed E-state index contributed by atoms with van der Waals surface area (Å²) in [5, 5.41) is 5.46. The molecule has 0 saturated heterocycles. The molecule has 4 nitrogen and oxygen atoms in total. The summed E-state index contributed by atoms with van der Waals surface area (Å²) in [4.78, 5) is 13.4. The van der Waals surface area contributed by atoms with E-state index in [0.29, 0.717) is 23.1 Å². The van der Waals surface area contributed by atoms with Crippen LogP contribution in [0.15, 0.2) is 65.7 Å². The first-order valence-corrected chi connectivity index (χ1v) is 9.01. The molecule has 2 heterocycles. The summed E-state index contributed by atoms with van der Waals surface area (Å²) in [6, 6.07) is 13.7. The molecule has 0 bridgehead atoms. The molecular weight excluding hydrogens is 353 g/mol. The average molecular weight is 371 g/mol. The van der Waals surface area contributed by atoms with Crippen LogP contribution in [0.2, 0.25) is 0 Å². The fraction of sp³-hybridized carbons (Fsp3) is 0.130. The van der Waals surface area contributed by atoms with E-state index in [1.165, 1.54) is 12.1 Å². The summed E-state index contributed by atoms with van der Waals surface area (Å²) in [7, 11) is 1.83. The maximum absolute atomic E-state index is 13.8. The molecular formula is C23H18FN3O. The quantitative estimate of drug-likeness (QED) is 0.503. The maximum atomic E-state index is 13.8. The van der Waals surface area contributed by atoms with Gasteiger partial charge in [0.2, 0.25) is 0 Å². The monoisotopic (exact) mass is 371 g/mol. The topological polar surface area (TPSA) is 39.8 Å². The Morgan fingerprint density at radius 3 is 2.64 bits per heavy atom. The Kier molecular flexibility index (Phi) is 4.54. The van der Waals surface area contributed by atoms with Gasteiger partial charge in [0.1, 0.15) is 5.82 Å². The second-order valence-corrected chi connectivity index (χ2v) is 6.53. The Balaban J connectivity index is 1.98. The molecule has 0 fully saturated rings. The molecule has 138 valence electrons. The zero-order valence-corrected chi connectivity index (χ0v) is 15.6. The van der Waals surface area contributed by atoms with Crippen molar-refractivity contribution >= 4 is 10.8 Å². The Hall–Kier alpha value is -3.65. The summed E-state index contributed by atoms with van der Waals surface area (Å²) < 4.78 is 17.0. The van der Waals surface area contributed by atoms with E-state index in [-0.39, 0.29) is 11.4 Å². The second-order valence-electron chi connectivity index (χ2n) is 6.53. The number of hydrogen-bond donors (Lipinski definition) is 0. The summed E-state index contributed by atoms with van der Waals surface area (Å²) >= 11 is 0. The van der Waals surface area contributed by atoms with Gasteiger partial charge in [0.25, 0.3) is 5.56 Å². The van der Waals surface area contributed by atoms with E-state index in [1.807, 2.05) is 44.4 Å². The molecule has 5 heteroatoms. The molecule has 28 heavy (non-hydrogen) atoms. The number of pyridine rings is 1. The Morgan fingerprint density at radius 1 is 1.11 bits per heavy atom. The third-order valence-electron chi connectivity index (χ3n) is 4.60. The first-order chi connectivity index (χ1) is 13.6. The lowest BCUT2D eigenvalue weighted by atomic mass is 10.0. The SMILES string of the molecule is CCc1cc2cccc(C#Cc3cnn(C)c3)c2c(=O)n1-c1cccc(F)c1. The van der Waals surface area contributed by atoms with E-state index >= 15 is 0 Å². The van der Waals surface area contributed by atoms with Crippen molar-refractivity contribution in [2.75, 3.05) is 0 Å². The van der Waals surface area contributed by atoms with Gasteiger partial charge < -0.3 is 0 Å². The van der Waals surface area contributed by atoms with Crippen LogP contribution in [0.5, 0.6) is 0 Å². The van der Waals surface area contributed by atoms with Crippen LogP contribution >= 0.6 is 0 Å². The standard InChI is InChI=1S/C23H18FN3O/c1-3-20-12-18-7-4-6-17(11-10-16-14-25-26(2)15-16)22(18)23(28)27(20)21-9-5-8-19(24)13-21/h4-9,12-15H,3H2,1-2H3. The smallest absolute Gasteiger partial charge is 0.264 e. The average Bonchev–Trinajstić information content (AvgIpc) is 3.11. The van der Waals surface area contributed by atoms with E-state index in [1.54, 1.807) is 27.6 Å². The molecule has 2 aromatic carbocycles. The number of halogens is 1. The van der Waals surface area contributed by atoms with E-state index in [2.05, 4.69) is 16.9 Å². The van der Waals surface area contributed by atoms with Gasteiger partial charge in [-0.15, -0.1) is 0 Å². The molecule has 0 aliphatic heterocycles. The molecule has 2 aromatic heterocycles. The van der Waals surface area contributed by atoms with E-state index in [4.69, 9.17) is 0 Å². The lowest BCUT2D eigenvalue weighted by molar-refractivity contribution is 0.626. The van der Waals surface area contributed by atoms with Crippen LogP contribution in [-0.4, -0.2) is 14.3 Å². The maximum Gasteiger partial charge on any atom is 0.264 e. The molecule has 4 rings (SSSR count). The van der Waals surface area contributed by atoms with Gasteiger partial charge in [0.15, 0.2) is 0 Å². The molecule has 0 saturated carbocycles. The number of nitrogens with zero attached hydrogens (tertiary/aromatic N) is 3. The van der Waals surface area contributed by atoms with Gasteiger partial charge >= 0.3 is 0 Å². The van der Waals surface area contributed by atoms with Crippen molar-refractivity contribution in [2.24, 2.45) is 7.05 Å². The minimum Gasteiger partial charge on any atom is -0.281 e. The third-order valence-corrected chi connectivity index (χ3v) is 4.60. The minimum atomic E-state index is -0.379. The number of fused-ring (bicyclic) bond motifs is 1. The number of rotatable bonds is 2. The zero-order chi connectivity index (χ0) is 19.7. The fourth-order valence-corrected chi connectivity index (χ4v) is 3.30. The van der Waals surface area contributed by atoms with Gasteiger partial charge in [0.05, 0.1) is 22.8 Å². The highest BCUT2D eigenvalue weighted by Crippen LogP contribution is 2.20. The van der Waals surface area contributed by atoms with Crippen molar-refractivity contribution in [3.8, 4) is 17.5 Å². The van der Waals surface area contributed by atoms with Crippen molar-refractivity contribution in [3.05, 3.63) is 93.9 Å². The molecule has 0 atom stereocenters. The molecule has 0 spiro atoms. The van der Waals surface area contributed by atoms with Gasteiger partial charge in [-0.05, 0) is 42.1 Å². The van der Waals surface area contributed by atoms with Gasteiger partial charge in [-0.2, -0.15) is 5.10 Å². The van der Waals surface area contributed by atoms with Crippen molar-refractivity contribution in [1.29, 1.82) is 0 Å². The zero-order valence-electron chi connectivity index (χ0n) is 15.6. The largest absolute Gasteiger partial charge is 0.281 e. The highest BCUT2D eigenvalue weighted by Gasteiger charge is 2.13. The van der Waals surface area contributed by atoms with Gasteiger partial charge in [-0.1, -0.05) is 37.0 Å². The second kappa shape index (κ2) is 7.16. The van der Waals surface area contributed by atoms with Crippen molar-refractivity contribution < 1.29 is 4.39 Å². The van der Waals surface area contributed by atoms with E-state index < -0.39 is 0 Å². The fourth-order valence-electron chi connectivity index (χ4n) is 3.30. The minimum absolute atomic E-state index is 0.198. The summed E-state index contributed by atoms with van der Waals surface area (Å²) in [6.07, 6.45) is 4.14. The van der Waals surface area contributed by atoms with Crippen LogP contribution in [-0.2, 0) is 13.5 Å². The summed E-state index contributed by atoms with van der Waals surface area (Å²) in [5.41, 5.74) is 2.55. The highest BCUT2D eigenvalue weighted by molar-refractivity contribution is 5.88. The molecule has 0 N–H and O–H groups in total. The normalized spacial score (nSPS) is 10.7. The van der Waals surface area contributed by atoms with Gasteiger partial charge in [-0.3, -0.25) is 14.0 Å². The number of aryl methyl sites for hydroxylation is 2. The van der Waals surface area contributed by atoms with Crippen LogP contribution in [0, 0.1) is 17.7 Å². The number of benzene rings is 2. The summed E-state index contributed by atoms with van der Waals surface area (Å²) in [6.45, 7) is 1.97. The van der Waals surface area contributed by atoms with Crippen molar-refractivity contribution in [2.45, 2.75) is 13.3 Å². The van der Waals surface area contributed by atoms with E-state index in [0.717, 1.165) is 16.6 Å². The third kappa shape index (κ3) is 3.21. The van der Waals surface area contributed by atoms with Gasteiger partial charge in [-0.25, -0.2) is 4.39 Å². The van der Waals surface area contributed by atoms with Crippen molar-refractivity contribution in [3.63, 3.8) is 0 Å². The van der Waals surface area contributed by atoms with Gasteiger partial charge in [0, 0.05) is 24.5 Å². The Labute approximate surface area is 161 Å². The molecule has 4 aromatic rings.